The number of aryl methyl sites for hydroxylation is 1. The molecule has 0 saturated carbocycles. The Labute approximate surface area is 112 Å². The van der Waals surface area contributed by atoms with E-state index < -0.39 is 5.82 Å². The molecule has 1 aromatic carbocycles. The van der Waals surface area contributed by atoms with E-state index in [1.54, 1.807) is 23.1 Å². The second-order valence-electron chi connectivity index (χ2n) is 3.61. The maximum absolute atomic E-state index is 13.9. The van der Waals surface area contributed by atoms with Crippen LogP contribution < -0.4 is 5.32 Å². The Hall–Kier alpha value is -1.87. The third-order valence-electron chi connectivity index (χ3n) is 2.44. The third-order valence-corrected chi connectivity index (χ3v) is 3.21. The van der Waals surface area contributed by atoms with Crippen LogP contribution in [-0.2, 0) is 6.54 Å². The molecule has 0 atom stereocenters. The van der Waals surface area contributed by atoms with Gasteiger partial charge in [-0.05, 0) is 35.0 Å². The molecule has 6 heteroatoms. The van der Waals surface area contributed by atoms with Crippen molar-refractivity contribution in [3.63, 3.8) is 0 Å². The number of hydrogen-bond donors (Lipinski definition) is 1. The van der Waals surface area contributed by atoms with Gasteiger partial charge in [0, 0.05) is 12.7 Å². The second kappa shape index (κ2) is 5.19. The van der Waals surface area contributed by atoms with Crippen molar-refractivity contribution in [2.75, 3.05) is 5.32 Å². The van der Waals surface area contributed by atoms with Crippen molar-refractivity contribution in [1.29, 1.82) is 5.26 Å². The molecule has 0 bridgehead atoms. The van der Waals surface area contributed by atoms with Crippen molar-refractivity contribution < 1.29 is 4.39 Å². The highest BCUT2D eigenvalue weighted by atomic mass is 79.9. The van der Waals surface area contributed by atoms with Crippen molar-refractivity contribution >= 4 is 27.3 Å². The van der Waals surface area contributed by atoms with Gasteiger partial charge in [0.1, 0.15) is 6.07 Å². The summed E-state index contributed by atoms with van der Waals surface area (Å²) in [6.45, 7) is 2.72. The summed E-state index contributed by atoms with van der Waals surface area (Å²) in [4.78, 5) is 0. The van der Waals surface area contributed by atoms with Gasteiger partial charge < -0.3 is 5.32 Å². The molecule has 1 N–H and O–H groups in total. The standard InChI is InChI=1S/C12H10BrFN4/c1-2-18-7-9(6-16-18)17-10-4-3-8(5-15)11(13)12(10)14/h3-4,6-7,17H,2H2,1H3. The summed E-state index contributed by atoms with van der Waals surface area (Å²) in [5.74, 6) is -0.488. The molecule has 0 radical (unpaired) electrons. The molecule has 0 unspecified atom stereocenters. The molecule has 0 aliphatic rings. The summed E-state index contributed by atoms with van der Waals surface area (Å²) < 4.78 is 15.8. The fourth-order valence-electron chi connectivity index (χ4n) is 1.49. The first-order valence-corrected chi connectivity index (χ1v) is 6.12. The van der Waals surface area contributed by atoms with Gasteiger partial charge in [0.05, 0.1) is 27.6 Å². The van der Waals surface area contributed by atoms with E-state index in [1.807, 2.05) is 13.0 Å². The smallest absolute Gasteiger partial charge is 0.162 e. The van der Waals surface area contributed by atoms with Crippen LogP contribution in [-0.4, -0.2) is 9.78 Å². The molecule has 0 amide bonds. The van der Waals surface area contributed by atoms with Crippen LogP contribution in [0.1, 0.15) is 12.5 Å². The summed E-state index contributed by atoms with van der Waals surface area (Å²) in [6, 6.07) is 4.99. The van der Waals surface area contributed by atoms with Crippen LogP contribution in [0.5, 0.6) is 0 Å². The van der Waals surface area contributed by atoms with Gasteiger partial charge in [-0.2, -0.15) is 10.4 Å². The van der Waals surface area contributed by atoms with Crippen LogP contribution in [0.15, 0.2) is 29.0 Å². The van der Waals surface area contributed by atoms with Gasteiger partial charge >= 0.3 is 0 Å². The number of aromatic nitrogens is 2. The van der Waals surface area contributed by atoms with Crippen molar-refractivity contribution in [1.82, 2.24) is 9.78 Å². The number of nitrogens with one attached hydrogen (secondary N) is 1. The van der Waals surface area contributed by atoms with E-state index in [1.165, 1.54) is 6.07 Å². The maximum atomic E-state index is 13.9. The summed E-state index contributed by atoms with van der Waals surface area (Å²) >= 11 is 3.07. The first-order valence-electron chi connectivity index (χ1n) is 5.33. The van der Waals surface area contributed by atoms with Crippen LogP contribution >= 0.6 is 15.9 Å². The molecule has 4 nitrogen and oxygen atoms in total. The van der Waals surface area contributed by atoms with E-state index >= 15 is 0 Å². The number of hydrogen-bond acceptors (Lipinski definition) is 3. The molecule has 92 valence electrons. The number of nitrogens with zero attached hydrogens (tertiary/aromatic N) is 3. The molecule has 1 heterocycles. The zero-order chi connectivity index (χ0) is 13.1. The highest BCUT2D eigenvalue weighted by Crippen LogP contribution is 2.28. The van der Waals surface area contributed by atoms with Gasteiger partial charge in [0.25, 0.3) is 0 Å². The molecule has 2 aromatic rings. The van der Waals surface area contributed by atoms with Crippen molar-refractivity contribution in [2.45, 2.75) is 13.5 Å². The van der Waals surface area contributed by atoms with Crippen LogP contribution in [0, 0.1) is 17.1 Å². The largest absolute Gasteiger partial charge is 0.351 e. The molecule has 2 rings (SSSR count). The first kappa shape index (κ1) is 12.6. The van der Waals surface area contributed by atoms with E-state index in [0.29, 0.717) is 11.4 Å². The second-order valence-corrected chi connectivity index (χ2v) is 4.40. The number of benzene rings is 1. The minimum Gasteiger partial charge on any atom is -0.351 e. The Bertz CT molecular complexity index is 615. The number of nitriles is 1. The Balaban J connectivity index is 2.30. The van der Waals surface area contributed by atoms with Crippen LogP contribution in [0.2, 0.25) is 0 Å². The lowest BCUT2D eigenvalue weighted by molar-refractivity contribution is 0.624. The zero-order valence-electron chi connectivity index (χ0n) is 9.61. The summed E-state index contributed by atoms with van der Waals surface area (Å²) in [5.41, 5.74) is 1.27. The minimum absolute atomic E-state index is 0.165. The summed E-state index contributed by atoms with van der Waals surface area (Å²) in [7, 11) is 0. The lowest BCUT2D eigenvalue weighted by Crippen LogP contribution is -1.96. The predicted octanol–water partition coefficient (Wildman–Crippen LogP) is 3.42. The molecule has 18 heavy (non-hydrogen) atoms. The SMILES string of the molecule is CCn1cc(Nc2ccc(C#N)c(Br)c2F)cn1. The van der Waals surface area contributed by atoms with E-state index in [-0.39, 0.29) is 10.0 Å². The average Bonchev–Trinajstić information content (AvgIpc) is 2.83. The number of halogens is 2. The van der Waals surface area contributed by atoms with Crippen LogP contribution in [0.25, 0.3) is 0 Å². The highest BCUT2D eigenvalue weighted by molar-refractivity contribution is 9.10. The fraction of sp³-hybridized carbons (Fsp3) is 0.167. The van der Waals surface area contributed by atoms with Gasteiger partial charge in [-0.15, -0.1) is 0 Å². The lowest BCUT2D eigenvalue weighted by Gasteiger charge is -2.07. The lowest BCUT2D eigenvalue weighted by atomic mass is 10.2. The monoisotopic (exact) mass is 308 g/mol. The number of anilines is 2. The average molecular weight is 309 g/mol. The minimum atomic E-state index is -0.488. The molecule has 0 saturated heterocycles. The van der Waals surface area contributed by atoms with E-state index in [0.717, 1.165) is 6.54 Å². The molecule has 0 fully saturated rings. The molecule has 0 aliphatic carbocycles. The fourth-order valence-corrected chi connectivity index (χ4v) is 1.92. The van der Waals surface area contributed by atoms with Crippen LogP contribution in [0.4, 0.5) is 15.8 Å². The highest BCUT2D eigenvalue weighted by Gasteiger charge is 2.11. The molecular formula is C12H10BrFN4. The predicted molar refractivity (Wildman–Crippen MR) is 70.0 cm³/mol. The van der Waals surface area contributed by atoms with E-state index in [4.69, 9.17) is 5.26 Å². The van der Waals surface area contributed by atoms with E-state index in [2.05, 4.69) is 26.3 Å². The Morgan fingerprint density at radius 3 is 2.94 bits per heavy atom. The first-order chi connectivity index (χ1) is 8.65. The molecule has 0 spiro atoms. The van der Waals surface area contributed by atoms with Gasteiger partial charge in [-0.3, -0.25) is 4.68 Å². The van der Waals surface area contributed by atoms with Crippen LogP contribution in [0.3, 0.4) is 0 Å². The van der Waals surface area contributed by atoms with Crippen molar-refractivity contribution in [3.8, 4) is 6.07 Å². The molecular weight excluding hydrogens is 299 g/mol. The van der Waals surface area contributed by atoms with E-state index in [9.17, 15) is 4.39 Å². The van der Waals surface area contributed by atoms with Gasteiger partial charge in [0.15, 0.2) is 5.82 Å². The van der Waals surface area contributed by atoms with Crippen molar-refractivity contribution in [2.24, 2.45) is 0 Å². The van der Waals surface area contributed by atoms with Gasteiger partial charge in [0.2, 0.25) is 0 Å². The zero-order valence-corrected chi connectivity index (χ0v) is 11.2. The normalized spacial score (nSPS) is 10.1. The summed E-state index contributed by atoms with van der Waals surface area (Å²) in [6.07, 6.45) is 3.40. The Morgan fingerprint density at radius 1 is 1.56 bits per heavy atom. The Kier molecular flexibility index (Phi) is 3.63. The number of rotatable bonds is 3. The Morgan fingerprint density at radius 2 is 2.33 bits per heavy atom. The maximum Gasteiger partial charge on any atom is 0.162 e. The molecule has 0 aliphatic heterocycles. The van der Waals surface area contributed by atoms with Crippen molar-refractivity contribution in [3.05, 3.63) is 40.4 Å². The summed E-state index contributed by atoms with van der Waals surface area (Å²) in [5, 5.41) is 15.8. The molecule has 1 aromatic heterocycles. The van der Waals surface area contributed by atoms with Gasteiger partial charge in [-0.1, -0.05) is 0 Å². The topological polar surface area (TPSA) is 53.6 Å². The third kappa shape index (κ3) is 2.36. The van der Waals surface area contributed by atoms with Gasteiger partial charge in [-0.25, -0.2) is 4.39 Å². The quantitative estimate of drug-likeness (QED) is 0.945.